The zero-order valence-electron chi connectivity index (χ0n) is 10.8. The summed E-state index contributed by atoms with van der Waals surface area (Å²) in [4.78, 5) is 1.39. The monoisotopic (exact) mass is 401 g/mol. The van der Waals surface area contributed by atoms with E-state index in [1.54, 1.807) is 0 Å². The number of nitrogens with one attached hydrogen (secondary N) is 1. The van der Waals surface area contributed by atoms with Gasteiger partial charge in [0.1, 0.15) is 0 Å². The molecule has 1 aromatic carbocycles. The van der Waals surface area contributed by atoms with Crippen LogP contribution in [-0.2, 0) is 6.42 Å². The van der Waals surface area contributed by atoms with Crippen molar-refractivity contribution in [2.75, 3.05) is 6.54 Å². The molecule has 0 aliphatic rings. The Labute approximate surface area is 135 Å². The van der Waals surface area contributed by atoms with Crippen molar-refractivity contribution in [3.8, 4) is 0 Å². The van der Waals surface area contributed by atoms with E-state index in [2.05, 4.69) is 79.8 Å². The van der Waals surface area contributed by atoms with E-state index in [9.17, 15) is 0 Å². The largest absolute Gasteiger partial charge is 0.309 e. The number of halogens is 2. The number of rotatable bonds is 6. The van der Waals surface area contributed by atoms with Gasteiger partial charge in [0.15, 0.2) is 0 Å². The van der Waals surface area contributed by atoms with Gasteiger partial charge in [-0.1, -0.05) is 35.0 Å². The van der Waals surface area contributed by atoms with Gasteiger partial charge in [0, 0.05) is 25.2 Å². The highest BCUT2D eigenvalue weighted by molar-refractivity contribution is 9.10. The third kappa shape index (κ3) is 4.71. The lowest BCUT2D eigenvalue weighted by atomic mass is 10.0. The fourth-order valence-corrected chi connectivity index (χ4v) is 3.74. The van der Waals surface area contributed by atoms with E-state index >= 15 is 0 Å². The summed E-state index contributed by atoms with van der Waals surface area (Å²) in [5.41, 5.74) is 1.36. The number of thiophene rings is 1. The summed E-state index contributed by atoms with van der Waals surface area (Å²) in [6.07, 6.45) is 2.18. The lowest BCUT2D eigenvalue weighted by Crippen LogP contribution is -2.23. The molecule has 1 atom stereocenters. The second kappa shape index (κ2) is 7.58. The minimum atomic E-state index is 0.400. The molecular formula is C15H17Br2NS. The third-order valence-corrected chi connectivity index (χ3v) is 5.26. The Morgan fingerprint density at radius 3 is 2.47 bits per heavy atom. The van der Waals surface area contributed by atoms with Crippen molar-refractivity contribution in [2.45, 2.75) is 25.8 Å². The van der Waals surface area contributed by atoms with E-state index in [-0.39, 0.29) is 0 Å². The summed E-state index contributed by atoms with van der Waals surface area (Å²) >= 11 is 8.83. The van der Waals surface area contributed by atoms with E-state index in [1.165, 1.54) is 14.9 Å². The topological polar surface area (TPSA) is 12.0 Å². The molecule has 0 bridgehead atoms. The fraction of sp³-hybridized carbons (Fsp3) is 0.333. The van der Waals surface area contributed by atoms with Crippen LogP contribution in [-0.4, -0.2) is 6.54 Å². The van der Waals surface area contributed by atoms with Gasteiger partial charge < -0.3 is 5.32 Å². The molecule has 0 aliphatic heterocycles. The Bertz CT molecular complexity index is 507. The second-order valence-electron chi connectivity index (χ2n) is 4.50. The van der Waals surface area contributed by atoms with Crippen LogP contribution in [0.15, 0.2) is 44.7 Å². The summed E-state index contributed by atoms with van der Waals surface area (Å²) in [6.45, 7) is 3.25. The van der Waals surface area contributed by atoms with Crippen molar-refractivity contribution >= 4 is 43.2 Å². The van der Waals surface area contributed by atoms with E-state index in [0.29, 0.717) is 6.04 Å². The minimum Gasteiger partial charge on any atom is -0.309 e. The summed E-state index contributed by atoms with van der Waals surface area (Å²) in [6, 6.07) is 11.2. The molecule has 0 fully saturated rings. The maximum Gasteiger partial charge on any atom is 0.0456 e. The highest BCUT2D eigenvalue weighted by Crippen LogP contribution is 2.28. The van der Waals surface area contributed by atoms with E-state index in [1.807, 2.05) is 11.3 Å². The van der Waals surface area contributed by atoms with Crippen LogP contribution in [0, 0.1) is 0 Å². The minimum absolute atomic E-state index is 0.400. The first-order chi connectivity index (χ1) is 9.19. The van der Waals surface area contributed by atoms with Crippen molar-refractivity contribution in [3.05, 3.63) is 55.1 Å². The van der Waals surface area contributed by atoms with Crippen LogP contribution in [0.1, 0.15) is 29.8 Å². The summed E-state index contributed by atoms with van der Waals surface area (Å²) in [5, 5.41) is 5.79. The van der Waals surface area contributed by atoms with Crippen molar-refractivity contribution < 1.29 is 0 Å². The quantitative estimate of drug-likeness (QED) is 0.667. The van der Waals surface area contributed by atoms with Gasteiger partial charge >= 0.3 is 0 Å². The fourth-order valence-electron chi connectivity index (χ4n) is 1.96. The molecule has 1 aromatic heterocycles. The molecule has 0 aliphatic carbocycles. The number of benzene rings is 1. The second-order valence-corrected chi connectivity index (χ2v) is 7.28. The molecule has 0 amide bonds. The van der Waals surface area contributed by atoms with Gasteiger partial charge in [0.25, 0.3) is 0 Å². The molecule has 2 aromatic rings. The first kappa shape index (κ1) is 15.2. The molecule has 0 saturated heterocycles. The molecule has 1 nitrogen and oxygen atoms in total. The van der Waals surface area contributed by atoms with Crippen LogP contribution in [0.5, 0.6) is 0 Å². The molecule has 19 heavy (non-hydrogen) atoms. The Hall–Kier alpha value is -0.160. The molecule has 0 saturated carbocycles. The van der Waals surface area contributed by atoms with Crippen LogP contribution < -0.4 is 5.32 Å². The molecule has 1 unspecified atom stereocenters. The maximum absolute atomic E-state index is 3.64. The van der Waals surface area contributed by atoms with Gasteiger partial charge in [-0.25, -0.2) is 0 Å². The predicted octanol–water partition coefficient (Wildman–Crippen LogP) is 5.56. The Morgan fingerprint density at radius 1 is 1.16 bits per heavy atom. The highest BCUT2D eigenvalue weighted by Gasteiger charge is 2.13. The molecule has 4 heteroatoms. The summed E-state index contributed by atoms with van der Waals surface area (Å²) in [5.74, 6) is 0. The number of hydrogen-bond acceptors (Lipinski definition) is 2. The molecule has 102 valence electrons. The lowest BCUT2D eigenvalue weighted by molar-refractivity contribution is 0.536. The lowest BCUT2D eigenvalue weighted by Gasteiger charge is -2.17. The van der Waals surface area contributed by atoms with Crippen molar-refractivity contribution in [1.29, 1.82) is 0 Å². The Balaban J connectivity index is 2.11. The van der Waals surface area contributed by atoms with Crippen LogP contribution in [0.2, 0.25) is 0 Å². The highest BCUT2D eigenvalue weighted by atomic mass is 79.9. The van der Waals surface area contributed by atoms with E-state index < -0.39 is 0 Å². The third-order valence-electron chi connectivity index (χ3n) is 2.93. The first-order valence-electron chi connectivity index (χ1n) is 6.40. The zero-order chi connectivity index (χ0) is 13.7. The molecule has 0 spiro atoms. The average Bonchev–Trinajstić information content (AvgIpc) is 2.83. The molecule has 1 heterocycles. The van der Waals surface area contributed by atoms with Gasteiger partial charge in [0.2, 0.25) is 0 Å². The smallest absolute Gasteiger partial charge is 0.0456 e. The zero-order valence-corrected chi connectivity index (χ0v) is 14.8. The number of hydrogen-bond donors (Lipinski definition) is 1. The van der Waals surface area contributed by atoms with Crippen LogP contribution in [0.4, 0.5) is 0 Å². The van der Waals surface area contributed by atoms with Crippen molar-refractivity contribution in [3.63, 3.8) is 0 Å². The van der Waals surface area contributed by atoms with Crippen LogP contribution in [0.25, 0.3) is 0 Å². The molecule has 1 N–H and O–H groups in total. The van der Waals surface area contributed by atoms with E-state index in [0.717, 1.165) is 23.9 Å². The van der Waals surface area contributed by atoms with Crippen LogP contribution >= 0.6 is 43.2 Å². The first-order valence-corrected chi connectivity index (χ1v) is 8.87. The van der Waals surface area contributed by atoms with E-state index in [4.69, 9.17) is 0 Å². The van der Waals surface area contributed by atoms with Gasteiger partial charge in [0.05, 0.1) is 0 Å². The van der Waals surface area contributed by atoms with Crippen molar-refractivity contribution in [1.82, 2.24) is 5.32 Å². The SMILES string of the molecule is CCCNC(Cc1ccc(Br)cc1)c1cc(Br)cs1. The van der Waals surface area contributed by atoms with Gasteiger partial charge in [-0.15, -0.1) is 11.3 Å². The van der Waals surface area contributed by atoms with Crippen LogP contribution in [0.3, 0.4) is 0 Å². The normalized spacial score (nSPS) is 12.6. The predicted molar refractivity (Wildman–Crippen MR) is 90.9 cm³/mol. The van der Waals surface area contributed by atoms with Gasteiger partial charge in [-0.05, 0) is 59.1 Å². The van der Waals surface area contributed by atoms with Gasteiger partial charge in [-0.3, -0.25) is 0 Å². The maximum atomic E-state index is 3.64. The molecule has 2 rings (SSSR count). The Kier molecular flexibility index (Phi) is 6.07. The molecular weight excluding hydrogens is 386 g/mol. The van der Waals surface area contributed by atoms with Gasteiger partial charge in [-0.2, -0.15) is 0 Å². The summed E-state index contributed by atoms with van der Waals surface area (Å²) < 4.78 is 2.31. The molecule has 0 radical (unpaired) electrons. The average molecular weight is 403 g/mol. The Morgan fingerprint density at radius 2 is 1.89 bits per heavy atom. The standard InChI is InChI=1S/C15H17Br2NS/c1-2-7-18-14(15-9-13(17)10-19-15)8-11-3-5-12(16)6-4-11/h3-6,9-10,14,18H,2,7-8H2,1H3. The summed E-state index contributed by atoms with van der Waals surface area (Å²) in [7, 11) is 0. The van der Waals surface area contributed by atoms with Crippen molar-refractivity contribution in [2.24, 2.45) is 0 Å².